The summed E-state index contributed by atoms with van der Waals surface area (Å²) in [5.74, 6) is 1.14. The Bertz CT molecular complexity index is 288. The summed E-state index contributed by atoms with van der Waals surface area (Å²) in [7, 11) is 1.73. The molecule has 2 saturated heterocycles. The van der Waals surface area contributed by atoms with Crippen molar-refractivity contribution in [2.24, 2.45) is 5.92 Å². The number of carbonyl (C=O) groups is 1. The Balaban J connectivity index is 1.91. The van der Waals surface area contributed by atoms with E-state index < -0.39 is 0 Å². The third-order valence-corrected chi connectivity index (χ3v) is 4.58. The summed E-state index contributed by atoms with van der Waals surface area (Å²) in [6.45, 7) is 6.85. The van der Waals surface area contributed by atoms with Crippen LogP contribution in [0.1, 0.15) is 39.0 Å². The molecule has 0 radical (unpaired) electrons. The second-order valence-corrected chi connectivity index (χ2v) is 6.05. The summed E-state index contributed by atoms with van der Waals surface area (Å²) in [5.41, 5.74) is 0. The molecule has 19 heavy (non-hydrogen) atoms. The first-order valence-corrected chi connectivity index (χ1v) is 7.74. The van der Waals surface area contributed by atoms with Gasteiger partial charge in [0.05, 0.1) is 12.6 Å². The van der Waals surface area contributed by atoms with Gasteiger partial charge in [-0.2, -0.15) is 0 Å². The zero-order valence-corrected chi connectivity index (χ0v) is 12.4. The Kier molecular flexibility index (Phi) is 5.64. The van der Waals surface area contributed by atoms with E-state index in [0.29, 0.717) is 5.91 Å². The van der Waals surface area contributed by atoms with Gasteiger partial charge >= 0.3 is 0 Å². The van der Waals surface area contributed by atoms with Gasteiger partial charge in [0, 0.05) is 26.7 Å². The molecule has 0 saturated carbocycles. The van der Waals surface area contributed by atoms with E-state index >= 15 is 0 Å². The third kappa shape index (κ3) is 3.93. The average molecular weight is 268 g/mol. The summed E-state index contributed by atoms with van der Waals surface area (Å²) in [6.07, 6.45) is 5.75. The van der Waals surface area contributed by atoms with E-state index in [1.165, 1.54) is 12.8 Å². The van der Waals surface area contributed by atoms with Crippen LogP contribution in [0.15, 0.2) is 0 Å². The number of rotatable bonds is 4. The lowest BCUT2D eigenvalue weighted by Gasteiger charge is -2.39. The van der Waals surface area contributed by atoms with Gasteiger partial charge in [-0.1, -0.05) is 13.3 Å². The van der Waals surface area contributed by atoms with Crippen LogP contribution in [-0.2, 0) is 9.53 Å². The first-order chi connectivity index (χ1) is 9.22. The van der Waals surface area contributed by atoms with Gasteiger partial charge in [-0.25, -0.2) is 0 Å². The van der Waals surface area contributed by atoms with Crippen LogP contribution in [0.3, 0.4) is 0 Å². The van der Waals surface area contributed by atoms with Crippen LogP contribution in [0, 0.1) is 5.92 Å². The number of carbonyl (C=O) groups excluding carboxylic acids is 1. The topological polar surface area (TPSA) is 32.8 Å². The van der Waals surface area contributed by atoms with Gasteiger partial charge in [-0.15, -0.1) is 0 Å². The van der Waals surface area contributed by atoms with Crippen LogP contribution in [0.5, 0.6) is 0 Å². The molecule has 2 fully saturated rings. The fraction of sp³-hybridized carbons (Fsp3) is 0.933. The van der Waals surface area contributed by atoms with Gasteiger partial charge in [0.2, 0.25) is 5.91 Å². The number of nitrogens with zero attached hydrogens (tertiary/aromatic N) is 2. The number of piperidine rings is 2. The van der Waals surface area contributed by atoms with Crippen molar-refractivity contribution in [3.63, 3.8) is 0 Å². The van der Waals surface area contributed by atoms with E-state index in [1.54, 1.807) is 7.11 Å². The van der Waals surface area contributed by atoms with Crippen molar-refractivity contribution in [1.29, 1.82) is 0 Å². The van der Waals surface area contributed by atoms with Crippen molar-refractivity contribution in [1.82, 2.24) is 9.80 Å². The van der Waals surface area contributed by atoms with Crippen LogP contribution in [-0.4, -0.2) is 61.6 Å². The maximum Gasteiger partial charge on any atom is 0.239 e. The van der Waals surface area contributed by atoms with Crippen LogP contribution < -0.4 is 0 Å². The lowest BCUT2D eigenvalue weighted by Crippen LogP contribution is -2.53. The van der Waals surface area contributed by atoms with Crippen molar-refractivity contribution in [2.75, 3.05) is 39.9 Å². The van der Waals surface area contributed by atoms with Gasteiger partial charge in [0.15, 0.2) is 0 Å². The number of amides is 1. The fourth-order valence-electron chi connectivity index (χ4n) is 3.19. The van der Waals surface area contributed by atoms with E-state index in [2.05, 4.69) is 16.7 Å². The van der Waals surface area contributed by atoms with Crippen molar-refractivity contribution in [2.45, 2.75) is 45.1 Å². The van der Waals surface area contributed by atoms with E-state index in [4.69, 9.17) is 4.74 Å². The lowest BCUT2D eigenvalue weighted by molar-refractivity contribution is -0.140. The molecule has 110 valence electrons. The largest absolute Gasteiger partial charge is 0.383 e. The van der Waals surface area contributed by atoms with Crippen molar-refractivity contribution in [3.05, 3.63) is 0 Å². The normalized spacial score (nSPS) is 26.6. The van der Waals surface area contributed by atoms with E-state index in [0.717, 1.165) is 58.0 Å². The zero-order valence-electron chi connectivity index (χ0n) is 12.4. The van der Waals surface area contributed by atoms with Crippen LogP contribution >= 0.6 is 0 Å². The van der Waals surface area contributed by atoms with Crippen LogP contribution in [0.25, 0.3) is 0 Å². The first-order valence-electron chi connectivity index (χ1n) is 7.74. The molecular weight excluding hydrogens is 240 g/mol. The zero-order chi connectivity index (χ0) is 13.7. The van der Waals surface area contributed by atoms with Gasteiger partial charge in [-0.05, 0) is 38.1 Å². The molecule has 0 aromatic heterocycles. The van der Waals surface area contributed by atoms with E-state index in [-0.39, 0.29) is 6.04 Å². The maximum absolute atomic E-state index is 12.7. The fourth-order valence-corrected chi connectivity index (χ4v) is 3.19. The predicted octanol–water partition coefficient (Wildman–Crippen LogP) is 1.75. The smallest absolute Gasteiger partial charge is 0.239 e. The van der Waals surface area contributed by atoms with Gasteiger partial charge in [0.1, 0.15) is 0 Å². The third-order valence-electron chi connectivity index (χ3n) is 4.58. The lowest BCUT2D eigenvalue weighted by atomic mass is 9.96. The molecule has 0 N–H and O–H groups in total. The highest BCUT2D eigenvalue weighted by Crippen LogP contribution is 2.22. The Morgan fingerprint density at radius 2 is 1.89 bits per heavy atom. The highest BCUT2D eigenvalue weighted by atomic mass is 16.5. The minimum atomic E-state index is 0.109. The molecule has 4 heteroatoms. The Hall–Kier alpha value is -0.610. The number of ether oxygens (including phenoxy) is 1. The van der Waals surface area contributed by atoms with E-state index in [9.17, 15) is 4.79 Å². The minimum Gasteiger partial charge on any atom is -0.383 e. The molecule has 0 bridgehead atoms. The van der Waals surface area contributed by atoms with Crippen molar-refractivity contribution < 1.29 is 9.53 Å². The minimum absolute atomic E-state index is 0.109. The molecule has 0 spiro atoms. The maximum atomic E-state index is 12.7. The highest BCUT2D eigenvalue weighted by Gasteiger charge is 2.32. The quantitative estimate of drug-likeness (QED) is 0.778. The highest BCUT2D eigenvalue weighted by molar-refractivity contribution is 5.82. The molecule has 1 amide bonds. The molecule has 1 unspecified atom stereocenters. The summed E-state index contributed by atoms with van der Waals surface area (Å²) >= 11 is 0. The molecule has 2 heterocycles. The number of methoxy groups -OCH3 is 1. The summed E-state index contributed by atoms with van der Waals surface area (Å²) in [6, 6.07) is 0.109. The second kappa shape index (κ2) is 7.25. The summed E-state index contributed by atoms with van der Waals surface area (Å²) in [4.78, 5) is 17.1. The molecule has 2 rings (SSSR count). The molecule has 2 aliphatic heterocycles. The Morgan fingerprint density at radius 3 is 2.58 bits per heavy atom. The molecule has 2 aliphatic rings. The van der Waals surface area contributed by atoms with Crippen molar-refractivity contribution >= 4 is 5.91 Å². The molecule has 1 atom stereocenters. The molecule has 4 nitrogen and oxygen atoms in total. The monoisotopic (exact) mass is 268 g/mol. The first kappa shape index (κ1) is 14.8. The summed E-state index contributed by atoms with van der Waals surface area (Å²) < 4.78 is 5.17. The van der Waals surface area contributed by atoms with Gasteiger partial charge in [0.25, 0.3) is 0 Å². The average Bonchev–Trinajstić information content (AvgIpc) is 2.45. The SMILES string of the molecule is COCCN1CCCCC1C(=O)N1CCC(C)CC1. The Labute approximate surface area is 117 Å². The molecule has 0 aliphatic carbocycles. The number of likely N-dealkylation sites (tertiary alicyclic amines) is 2. The van der Waals surface area contributed by atoms with Crippen LogP contribution in [0.2, 0.25) is 0 Å². The molecular formula is C15H28N2O2. The Morgan fingerprint density at radius 1 is 1.16 bits per heavy atom. The molecule has 0 aromatic carbocycles. The van der Waals surface area contributed by atoms with Crippen molar-refractivity contribution in [3.8, 4) is 0 Å². The number of hydrogen-bond donors (Lipinski definition) is 0. The number of hydrogen-bond acceptors (Lipinski definition) is 3. The predicted molar refractivity (Wildman–Crippen MR) is 76.1 cm³/mol. The molecule has 0 aromatic rings. The standard InChI is InChI=1S/C15H28N2O2/c1-13-6-9-17(10-7-13)15(18)14-5-3-4-8-16(14)11-12-19-2/h13-14H,3-12H2,1-2H3. The second-order valence-electron chi connectivity index (χ2n) is 6.05. The van der Waals surface area contributed by atoms with Gasteiger partial charge < -0.3 is 9.64 Å². The summed E-state index contributed by atoms with van der Waals surface area (Å²) in [5, 5.41) is 0. The van der Waals surface area contributed by atoms with E-state index in [1.807, 2.05) is 0 Å². The van der Waals surface area contributed by atoms with Crippen LogP contribution in [0.4, 0.5) is 0 Å². The van der Waals surface area contributed by atoms with Gasteiger partial charge in [-0.3, -0.25) is 9.69 Å².